The molecule has 0 aliphatic rings. The van der Waals surface area contributed by atoms with Gasteiger partial charge in [-0.25, -0.2) is 4.39 Å². The fraction of sp³-hybridized carbons (Fsp3) is 0.429. The Balaban J connectivity index is 3.06. The second-order valence-corrected chi connectivity index (χ2v) is 6.35. The summed E-state index contributed by atoms with van der Waals surface area (Å²) >= 11 is 3.14. The van der Waals surface area contributed by atoms with E-state index >= 15 is 0 Å². The fourth-order valence-electron chi connectivity index (χ4n) is 1.78. The van der Waals surface area contributed by atoms with E-state index in [9.17, 15) is 14.0 Å². The van der Waals surface area contributed by atoms with Gasteiger partial charge in [-0.3, -0.25) is 9.59 Å². The molecule has 0 unspecified atom stereocenters. The Morgan fingerprint density at radius 1 is 1.30 bits per heavy atom. The molecule has 110 valence electrons. The van der Waals surface area contributed by atoms with Crippen molar-refractivity contribution in [1.29, 1.82) is 0 Å². The Kier molecular flexibility index (Phi) is 5.28. The number of amides is 1. The van der Waals surface area contributed by atoms with Crippen molar-refractivity contribution in [3.63, 3.8) is 0 Å². The first-order valence-corrected chi connectivity index (χ1v) is 6.90. The fourth-order valence-corrected chi connectivity index (χ4v) is 2.25. The summed E-state index contributed by atoms with van der Waals surface area (Å²) in [5, 5.41) is 8.76. The maximum Gasteiger partial charge on any atom is 0.305 e. The van der Waals surface area contributed by atoms with Crippen LogP contribution in [0.3, 0.4) is 0 Å². The van der Waals surface area contributed by atoms with Crippen molar-refractivity contribution in [3.8, 4) is 0 Å². The van der Waals surface area contributed by atoms with Crippen molar-refractivity contribution in [2.75, 3.05) is 6.54 Å². The SMILES string of the molecule is CC(C)(C)N(CCC(=O)O)C(=O)c1cc(F)cc(Br)c1. The molecule has 1 N–H and O–H groups in total. The van der Waals surface area contributed by atoms with Gasteiger partial charge in [0, 0.05) is 22.1 Å². The minimum Gasteiger partial charge on any atom is -0.481 e. The van der Waals surface area contributed by atoms with E-state index in [1.54, 1.807) is 20.8 Å². The summed E-state index contributed by atoms with van der Waals surface area (Å²) in [6.07, 6.45) is -0.153. The molecule has 0 atom stereocenters. The minimum absolute atomic E-state index is 0.0752. The van der Waals surface area contributed by atoms with Crippen LogP contribution in [0.15, 0.2) is 22.7 Å². The smallest absolute Gasteiger partial charge is 0.305 e. The van der Waals surface area contributed by atoms with Gasteiger partial charge in [0.15, 0.2) is 0 Å². The van der Waals surface area contributed by atoms with Gasteiger partial charge in [0.1, 0.15) is 5.82 Å². The van der Waals surface area contributed by atoms with Crippen LogP contribution in [0.4, 0.5) is 4.39 Å². The summed E-state index contributed by atoms with van der Waals surface area (Å²) in [7, 11) is 0. The summed E-state index contributed by atoms with van der Waals surface area (Å²) in [5.41, 5.74) is -0.358. The van der Waals surface area contributed by atoms with Gasteiger partial charge in [0.2, 0.25) is 0 Å². The lowest BCUT2D eigenvalue weighted by Crippen LogP contribution is -2.46. The first kappa shape index (κ1) is 16.6. The zero-order valence-corrected chi connectivity index (χ0v) is 13.2. The molecule has 0 spiro atoms. The van der Waals surface area contributed by atoms with E-state index in [2.05, 4.69) is 15.9 Å². The predicted octanol–water partition coefficient (Wildman–Crippen LogP) is 3.30. The average Bonchev–Trinajstić information content (AvgIpc) is 2.25. The van der Waals surface area contributed by atoms with Gasteiger partial charge >= 0.3 is 5.97 Å². The number of aliphatic carboxylic acids is 1. The molecule has 0 aromatic heterocycles. The van der Waals surface area contributed by atoms with E-state index in [0.29, 0.717) is 4.47 Å². The van der Waals surface area contributed by atoms with E-state index in [4.69, 9.17) is 5.11 Å². The number of carbonyl (C=O) groups is 2. The van der Waals surface area contributed by atoms with Crippen LogP contribution in [0.5, 0.6) is 0 Å². The molecule has 4 nitrogen and oxygen atoms in total. The van der Waals surface area contributed by atoms with Gasteiger partial charge in [0.05, 0.1) is 6.42 Å². The largest absolute Gasteiger partial charge is 0.481 e. The van der Waals surface area contributed by atoms with E-state index < -0.39 is 17.3 Å². The van der Waals surface area contributed by atoms with Crippen LogP contribution in [-0.4, -0.2) is 34.0 Å². The highest BCUT2D eigenvalue weighted by Crippen LogP contribution is 2.21. The summed E-state index contributed by atoms with van der Waals surface area (Å²) < 4.78 is 13.8. The van der Waals surface area contributed by atoms with Crippen molar-refractivity contribution in [2.45, 2.75) is 32.7 Å². The Hall–Kier alpha value is -1.43. The lowest BCUT2D eigenvalue weighted by molar-refractivity contribution is -0.137. The highest BCUT2D eigenvalue weighted by Gasteiger charge is 2.28. The van der Waals surface area contributed by atoms with Crippen molar-refractivity contribution in [1.82, 2.24) is 4.90 Å². The van der Waals surface area contributed by atoms with Crippen LogP contribution in [0.2, 0.25) is 0 Å². The molecule has 0 fully saturated rings. The van der Waals surface area contributed by atoms with Gasteiger partial charge in [-0.2, -0.15) is 0 Å². The molecule has 0 aliphatic heterocycles. The topological polar surface area (TPSA) is 57.6 Å². The minimum atomic E-state index is -0.979. The number of halogens is 2. The van der Waals surface area contributed by atoms with E-state index in [1.807, 2.05) is 0 Å². The maximum absolute atomic E-state index is 13.4. The third kappa shape index (κ3) is 4.59. The Labute approximate surface area is 125 Å². The van der Waals surface area contributed by atoms with Crippen LogP contribution in [-0.2, 0) is 4.79 Å². The summed E-state index contributed by atoms with van der Waals surface area (Å²) in [6, 6.07) is 3.92. The highest BCUT2D eigenvalue weighted by molar-refractivity contribution is 9.10. The number of nitrogens with zero attached hydrogens (tertiary/aromatic N) is 1. The van der Waals surface area contributed by atoms with E-state index in [0.717, 1.165) is 6.07 Å². The lowest BCUT2D eigenvalue weighted by Gasteiger charge is -2.35. The molecule has 0 aliphatic carbocycles. The van der Waals surface area contributed by atoms with Crippen molar-refractivity contribution in [3.05, 3.63) is 34.1 Å². The third-order valence-corrected chi connectivity index (χ3v) is 3.17. The van der Waals surface area contributed by atoms with Crippen molar-refractivity contribution >= 4 is 27.8 Å². The number of carboxylic acid groups (broad SMARTS) is 1. The lowest BCUT2D eigenvalue weighted by atomic mass is 10.0. The molecular formula is C14H17BrFNO3. The van der Waals surface area contributed by atoms with Crippen LogP contribution < -0.4 is 0 Å². The molecule has 6 heteroatoms. The van der Waals surface area contributed by atoms with Gasteiger partial charge in [0.25, 0.3) is 5.91 Å². The molecule has 0 radical (unpaired) electrons. The molecular weight excluding hydrogens is 329 g/mol. The molecule has 1 amide bonds. The second-order valence-electron chi connectivity index (χ2n) is 5.43. The van der Waals surface area contributed by atoms with E-state index in [1.165, 1.54) is 17.0 Å². The summed E-state index contributed by atoms with van der Waals surface area (Å²) in [5.74, 6) is -1.89. The highest BCUT2D eigenvalue weighted by atomic mass is 79.9. The number of carbonyl (C=O) groups excluding carboxylic acids is 1. The predicted molar refractivity (Wildman–Crippen MR) is 77.1 cm³/mol. The second kappa shape index (κ2) is 6.35. The third-order valence-electron chi connectivity index (χ3n) is 2.71. The zero-order valence-electron chi connectivity index (χ0n) is 11.6. The quantitative estimate of drug-likeness (QED) is 0.910. The molecule has 0 saturated heterocycles. The first-order valence-electron chi connectivity index (χ1n) is 6.11. The zero-order chi connectivity index (χ0) is 15.5. The Bertz CT molecular complexity index is 505. The number of benzene rings is 1. The average molecular weight is 346 g/mol. The number of rotatable bonds is 4. The number of carboxylic acids is 1. The monoisotopic (exact) mass is 345 g/mol. The first-order chi connectivity index (χ1) is 9.11. The maximum atomic E-state index is 13.4. The van der Waals surface area contributed by atoms with Crippen LogP contribution in [0.1, 0.15) is 37.6 Å². The summed E-state index contributed by atoms with van der Waals surface area (Å²) in [4.78, 5) is 24.6. The van der Waals surface area contributed by atoms with Gasteiger partial charge in [-0.05, 0) is 39.0 Å². The Morgan fingerprint density at radius 3 is 2.35 bits per heavy atom. The number of hydrogen-bond donors (Lipinski definition) is 1. The normalized spacial score (nSPS) is 11.2. The van der Waals surface area contributed by atoms with Crippen LogP contribution in [0, 0.1) is 5.82 Å². The van der Waals surface area contributed by atoms with Crippen LogP contribution >= 0.6 is 15.9 Å². The van der Waals surface area contributed by atoms with Gasteiger partial charge in [-0.1, -0.05) is 15.9 Å². The molecule has 20 heavy (non-hydrogen) atoms. The summed E-state index contributed by atoms with van der Waals surface area (Å²) in [6.45, 7) is 5.50. The van der Waals surface area contributed by atoms with Crippen LogP contribution in [0.25, 0.3) is 0 Å². The van der Waals surface area contributed by atoms with Crippen molar-refractivity contribution in [2.24, 2.45) is 0 Å². The number of hydrogen-bond acceptors (Lipinski definition) is 2. The molecule has 0 heterocycles. The Morgan fingerprint density at radius 2 is 1.90 bits per heavy atom. The molecule has 0 bridgehead atoms. The molecule has 1 aromatic carbocycles. The standard InChI is InChI=1S/C14H17BrFNO3/c1-14(2,3)17(5-4-12(18)19)13(20)9-6-10(15)8-11(16)7-9/h6-8H,4-5H2,1-3H3,(H,18,19). The van der Waals surface area contributed by atoms with Gasteiger partial charge < -0.3 is 10.0 Å². The molecule has 1 aromatic rings. The van der Waals surface area contributed by atoms with E-state index in [-0.39, 0.29) is 24.4 Å². The molecule has 0 saturated carbocycles. The molecule has 1 rings (SSSR count). The van der Waals surface area contributed by atoms with Crippen molar-refractivity contribution < 1.29 is 19.1 Å². The van der Waals surface area contributed by atoms with Gasteiger partial charge in [-0.15, -0.1) is 0 Å².